The number of rotatable bonds is 4. The fourth-order valence-corrected chi connectivity index (χ4v) is 7.08. The smallest absolute Gasteiger partial charge is 0.137 e. The van der Waals surface area contributed by atoms with E-state index in [1.54, 1.807) is 11.3 Å². The van der Waals surface area contributed by atoms with Crippen LogP contribution in [0.3, 0.4) is 0 Å². The number of aromatic nitrogens is 1. The molecule has 0 amide bonds. The third-order valence-electron chi connectivity index (χ3n) is 7.89. The molecule has 0 aliphatic carbocycles. The van der Waals surface area contributed by atoms with E-state index in [0.29, 0.717) is 0 Å². The van der Waals surface area contributed by atoms with Gasteiger partial charge < -0.3 is 13.7 Å². The summed E-state index contributed by atoms with van der Waals surface area (Å²) in [4.78, 5) is 7.22. The molecule has 3 heterocycles. The minimum absolute atomic E-state index is 0.848. The van der Waals surface area contributed by atoms with E-state index in [-0.39, 0.29) is 0 Å². The van der Waals surface area contributed by atoms with Crippen molar-refractivity contribution in [3.63, 3.8) is 0 Å². The zero-order chi connectivity index (χ0) is 27.6. The Bertz CT molecular complexity index is 2420. The van der Waals surface area contributed by atoms with E-state index in [2.05, 4.69) is 108 Å². The van der Waals surface area contributed by atoms with Crippen LogP contribution in [-0.4, -0.2) is 4.98 Å². The van der Waals surface area contributed by atoms with Gasteiger partial charge in [-0.3, -0.25) is 0 Å². The van der Waals surface area contributed by atoms with Gasteiger partial charge in [0.15, 0.2) is 0 Å². The van der Waals surface area contributed by atoms with Gasteiger partial charge in [-0.05, 0) is 60.7 Å². The van der Waals surface area contributed by atoms with E-state index in [1.165, 1.54) is 0 Å². The van der Waals surface area contributed by atoms with E-state index in [4.69, 9.17) is 13.8 Å². The van der Waals surface area contributed by atoms with Gasteiger partial charge in [0.25, 0.3) is 0 Å². The minimum atomic E-state index is 0.848. The molecule has 0 fully saturated rings. The molecule has 0 N–H and O–H groups in total. The van der Waals surface area contributed by atoms with Crippen LogP contribution in [0, 0.1) is 0 Å². The Kier molecular flexibility index (Phi) is 5.03. The van der Waals surface area contributed by atoms with E-state index in [0.717, 1.165) is 81.7 Å². The van der Waals surface area contributed by atoms with Crippen molar-refractivity contribution in [2.24, 2.45) is 0 Å². The monoisotopic (exact) mass is 558 g/mol. The third kappa shape index (κ3) is 3.57. The molecule has 0 aliphatic rings. The lowest BCUT2D eigenvalue weighted by Crippen LogP contribution is -2.09. The first-order chi connectivity index (χ1) is 20.8. The van der Waals surface area contributed by atoms with Crippen molar-refractivity contribution in [3.05, 3.63) is 133 Å². The molecule has 9 aromatic rings. The van der Waals surface area contributed by atoms with Gasteiger partial charge in [-0.2, -0.15) is 0 Å². The Hall–Kier alpha value is -5.39. The summed E-state index contributed by atoms with van der Waals surface area (Å²) in [7, 11) is 0. The molecule has 4 nitrogen and oxygen atoms in total. The van der Waals surface area contributed by atoms with Crippen LogP contribution in [0.4, 0.5) is 17.1 Å². The summed E-state index contributed by atoms with van der Waals surface area (Å²) in [6.07, 6.45) is 0. The van der Waals surface area contributed by atoms with Crippen LogP contribution < -0.4 is 4.90 Å². The Balaban J connectivity index is 1.23. The van der Waals surface area contributed by atoms with Gasteiger partial charge in [0.2, 0.25) is 0 Å². The highest BCUT2D eigenvalue weighted by Gasteiger charge is 2.19. The van der Waals surface area contributed by atoms with Gasteiger partial charge in [0.05, 0.1) is 10.2 Å². The molecule has 0 saturated heterocycles. The maximum Gasteiger partial charge on any atom is 0.137 e. The fourth-order valence-electron chi connectivity index (χ4n) is 5.96. The molecule has 0 atom stereocenters. The number of nitrogens with zero attached hydrogens (tertiary/aromatic N) is 2. The van der Waals surface area contributed by atoms with Crippen molar-refractivity contribution in [3.8, 4) is 10.6 Å². The summed E-state index contributed by atoms with van der Waals surface area (Å²) in [5, 5.41) is 5.42. The predicted molar refractivity (Wildman–Crippen MR) is 174 cm³/mol. The molecule has 0 saturated carbocycles. The molecule has 0 unspecified atom stereocenters. The summed E-state index contributed by atoms with van der Waals surface area (Å²) >= 11 is 1.72. The van der Waals surface area contributed by atoms with E-state index < -0.39 is 0 Å². The molecule has 3 aromatic heterocycles. The summed E-state index contributed by atoms with van der Waals surface area (Å²) in [6.45, 7) is 0. The molecule has 5 heteroatoms. The summed E-state index contributed by atoms with van der Waals surface area (Å²) < 4.78 is 13.8. The van der Waals surface area contributed by atoms with Crippen molar-refractivity contribution in [2.75, 3.05) is 4.90 Å². The second-order valence-corrected chi connectivity index (χ2v) is 11.4. The van der Waals surface area contributed by atoms with Crippen molar-refractivity contribution >= 4 is 82.5 Å². The first kappa shape index (κ1) is 23.3. The van der Waals surface area contributed by atoms with E-state index >= 15 is 0 Å². The average molecular weight is 559 g/mol. The summed E-state index contributed by atoms with van der Waals surface area (Å²) in [5.74, 6) is 0. The highest BCUT2D eigenvalue weighted by atomic mass is 32.1. The van der Waals surface area contributed by atoms with Crippen LogP contribution in [0.5, 0.6) is 0 Å². The number of thiazole rings is 1. The van der Waals surface area contributed by atoms with E-state index in [9.17, 15) is 0 Å². The molecular formula is C37H22N2O2S. The van der Waals surface area contributed by atoms with Gasteiger partial charge in [-0.15, -0.1) is 11.3 Å². The van der Waals surface area contributed by atoms with E-state index in [1.807, 2.05) is 30.3 Å². The highest BCUT2D eigenvalue weighted by molar-refractivity contribution is 7.22. The van der Waals surface area contributed by atoms with Gasteiger partial charge in [0.1, 0.15) is 27.3 Å². The summed E-state index contributed by atoms with van der Waals surface area (Å²) in [5.41, 5.74) is 8.74. The third-order valence-corrected chi connectivity index (χ3v) is 9.02. The topological polar surface area (TPSA) is 42.4 Å². The van der Waals surface area contributed by atoms with Crippen molar-refractivity contribution < 1.29 is 8.83 Å². The quantitative estimate of drug-likeness (QED) is 0.215. The first-order valence-corrected chi connectivity index (χ1v) is 14.7. The molecule has 0 bridgehead atoms. The Labute approximate surface area is 244 Å². The molecule has 6 aromatic carbocycles. The van der Waals surface area contributed by atoms with Crippen LogP contribution in [0.15, 0.2) is 142 Å². The van der Waals surface area contributed by atoms with Gasteiger partial charge in [-0.25, -0.2) is 4.98 Å². The lowest BCUT2D eigenvalue weighted by molar-refractivity contribution is 0.668. The van der Waals surface area contributed by atoms with Crippen LogP contribution in [0.25, 0.3) is 64.7 Å². The van der Waals surface area contributed by atoms with Crippen LogP contribution in [0.2, 0.25) is 0 Å². The molecule has 9 rings (SSSR count). The standard InChI is InChI=1S/C37H22N2O2S/c1-3-9-23(10-4-1)37-38-30-18-20-33-35(36(30)42-37)28-17-15-26(22-34(28)41-33)39(24-11-5-2-6-12-24)25-16-19-32-29(21-25)27-13-7-8-14-31(27)40-32/h1-22H. The average Bonchev–Trinajstić information content (AvgIpc) is 3.75. The Morgan fingerprint density at radius 2 is 1.19 bits per heavy atom. The number of benzene rings is 6. The first-order valence-electron chi connectivity index (χ1n) is 13.9. The molecule has 0 aliphatic heterocycles. The Morgan fingerprint density at radius 3 is 2.07 bits per heavy atom. The zero-order valence-electron chi connectivity index (χ0n) is 22.3. The SMILES string of the molecule is c1ccc(-c2nc3ccc4oc5cc(N(c6ccccc6)c6ccc7oc8ccccc8c7c6)ccc5c4c3s2)cc1. The van der Waals surface area contributed by atoms with Crippen LogP contribution in [0.1, 0.15) is 0 Å². The molecular weight excluding hydrogens is 536 g/mol. The maximum atomic E-state index is 6.49. The van der Waals surface area contributed by atoms with Gasteiger partial charge in [-0.1, -0.05) is 66.7 Å². The Morgan fingerprint density at radius 1 is 0.500 bits per heavy atom. The number of furan rings is 2. The van der Waals surface area contributed by atoms with Gasteiger partial charge >= 0.3 is 0 Å². The number of hydrogen-bond acceptors (Lipinski definition) is 5. The summed E-state index contributed by atoms with van der Waals surface area (Å²) in [6, 6.07) is 46.0. The maximum absolute atomic E-state index is 6.49. The second kappa shape index (κ2) is 9.06. The van der Waals surface area contributed by atoms with Gasteiger partial charge in [0, 0.05) is 50.2 Å². The second-order valence-electron chi connectivity index (χ2n) is 10.4. The number of fused-ring (bicyclic) bond motifs is 8. The van der Waals surface area contributed by atoms with Crippen molar-refractivity contribution in [1.29, 1.82) is 0 Å². The zero-order valence-corrected chi connectivity index (χ0v) is 23.1. The van der Waals surface area contributed by atoms with Crippen molar-refractivity contribution in [1.82, 2.24) is 4.98 Å². The number of para-hydroxylation sites is 2. The molecule has 42 heavy (non-hydrogen) atoms. The normalized spacial score (nSPS) is 11.8. The van der Waals surface area contributed by atoms with Crippen LogP contribution in [-0.2, 0) is 0 Å². The number of hydrogen-bond donors (Lipinski definition) is 0. The minimum Gasteiger partial charge on any atom is -0.456 e. The highest BCUT2D eigenvalue weighted by Crippen LogP contribution is 2.43. The lowest BCUT2D eigenvalue weighted by Gasteiger charge is -2.25. The van der Waals surface area contributed by atoms with Crippen LogP contribution >= 0.6 is 11.3 Å². The molecule has 0 spiro atoms. The largest absolute Gasteiger partial charge is 0.456 e. The molecule has 0 radical (unpaired) electrons. The fraction of sp³-hybridized carbons (Fsp3) is 0. The predicted octanol–water partition coefficient (Wildman–Crippen LogP) is 11.2. The lowest BCUT2D eigenvalue weighted by atomic mass is 10.1. The molecule has 198 valence electrons. The van der Waals surface area contributed by atoms with Crippen molar-refractivity contribution in [2.45, 2.75) is 0 Å². The number of anilines is 3.